The van der Waals surface area contributed by atoms with Crippen LogP contribution in [0, 0.1) is 11.6 Å². The van der Waals surface area contributed by atoms with E-state index in [1.807, 2.05) is 0 Å². The molecule has 2 heterocycles. The molecule has 0 unspecified atom stereocenters. The third-order valence-electron chi connectivity index (χ3n) is 7.29. The highest BCUT2D eigenvalue weighted by Gasteiger charge is 2.31. The number of carbonyl (C=O) groups excluding carboxylic acids is 1. The Bertz CT molecular complexity index is 1460. The Morgan fingerprint density at radius 3 is 2.50 bits per heavy atom. The average molecular weight is 551 g/mol. The first-order valence-electron chi connectivity index (χ1n) is 13.2. The highest BCUT2D eigenvalue weighted by molar-refractivity contribution is 5.93. The monoisotopic (exact) mass is 550 g/mol. The van der Waals surface area contributed by atoms with Crippen molar-refractivity contribution in [3.8, 4) is 28.7 Å². The number of fused-ring (bicyclic) bond motifs is 2. The van der Waals surface area contributed by atoms with Crippen LogP contribution in [0.3, 0.4) is 0 Å². The van der Waals surface area contributed by atoms with Crippen LogP contribution >= 0.6 is 0 Å². The topological polar surface area (TPSA) is 72.5 Å². The number of halogens is 2. The van der Waals surface area contributed by atoms with E-state index >= 15 is 4.39 Å². The maximum Gasteiger partial charge on any atom is 0.330 e. The van der Waals surface area contributed by atoms with Gasteiger partial charge in [-0.15, -0.1) is 0 Å². The number of carbonyl (C=O) groups is 1. The molecule has 0 radical (unpaired) electrons. The number of benzene rings is 3. The van der Waals surface area contributed by atoms with E-state index in [4.69, 9.17) is 28.4 Å². The zero-order valence-electron chi connectivity index (χ0n) is 21.9. The van der Waals surface area contributed by atoms with Crippen molar-refractivity contribution in [3.63, 3.8) is 0 Å². The summed E-state index contributed by atoms with van der Waals surface area (Å²) in [5, 5.41) is 0. The van der Waals surface area contributed by atoms with Crippen LogP contribution in [0.4, 0.5) is 8.78 Å². The van der Waals surface area contributed by atoms with Gasteiger partial charge in [-0.3, -0.25) is 0 Å². The summed E-state index contributed by atoms with van der Waals surface area (Å²) in [5.74, 6) is 0.496. The minimum Gasteiger partial charge on any atom is -0.490 e. The Hall–Kier alpha value is -4.11. The Labute approximate surface area is 230 Å². The molecule has 40 heavy (non-hydrogen) atoms. The standard InChI is InChI=1S/C31H28F2O7/c1-35-30(34)14-18-17-37-29-16-21(2-4-22(18)29)39-28-8-5-23-26(9-6-24(32)31(23)28)40-27-7-3-20(15-25(27)33)38-19-10-12-36-13-11-19/h2-4,6-7,9,14-16,19,28H,5,8,10-13,17H2,1H3/b18-14+/t28-/m1/s1. The van der Waals surface area contributed by atoms with Crippen LogP contribution < -0.4 is 18.9 Å². The van der Waals surface area contributed by atoms with Gasteiger partial charge < -0.3 is 28.4 Å². The second-order valence-electron chi connectivity index (χ2n) is 9.85. The molecule has 7 nitrogen and oxygen atoms in total. The van der Waals surface area contributed by atoms with Crippen molar-refractivity contribution in [3.05, 3.63) is 82.9 Å². The highest BCUT2D eigenvalue weighted by atomic mass is 19.1. The first kappa shape index (κ1) is 26.1. The predicted molar refractivity (Wildman–Crippen MR) is 141 cm³/mol. The zero-order chi connectivity index (χ0) is 27.6. The molecule has 3 aromatic rings. The first-order valence-corrected chi connectivity index (χ1v) is 13.2. The Balaban J connectivity index is 1.18. The number of methoxy groups -OCH3 is 1. The molecular formula is C31H28F2O7. The van der Waals surface area contributed by atoms with Gasteiger partial charge in [-0.2, -0.15) is 0 Å². The minimum absolute atomic E-state index is 0.00664. The fourth-order valence-electron chi connectivity index (χ4n) is 5.28. The van der Waals surface area contributed by atoms with Crippen LogP contribution in [-0.2, 0) is 20.7 Å². The Morgan fingerprint density at radius 2 is 1.70 bits per heavy atom. The summed E-state index contributed by atoms with van der Waals surface area (Å²) in [6.07, 6.45) is 3.39. The molecule has 0 N–H and O–H groups in total. The summed E-state index contributed by atoms with van der Waals surface area (Å²) in [6.45, 7) is 1.50. The lowest BCUT2D eigenvalue weighted by Crippen LogP contribution is -2.25. The van der Waals surface area contributed by atoms with Crippen LogP contribution in [0.25, 0.3) is 5.57 Å². The van der Waals surface area contributed by atoms with Crippen LogP contribution in [0.2, 0.25) is 0 Å². The molecule has 0 spiro atoms. The van der Waals surface area contributed by atoms with E-state index in [0.717, 1.165) is 18.4 Å². The van der Waals surface area contributed by atoms with E-state index in [1.165, 1.54) is 37.5 Å². The van der Waals surface area contributed by atoms with Gasteiger partial charge in [0.2, 0.25) is 0 Å². The van der Waals surface area contributed by atoms with Crippen molar-refractivity contribution >= 4 is 11.5 Å². The lowest BCUT2D eigenvalue weighted by Gasteiger charge is -2.23. The maximum absolute atomic E-state index is 15.0. The fraction of sp³-hybridized carbons (Fsp3) is 0.323. The van der Waals surface area contributed by atoms with Gasteiger partial charge in [0.15, 0.2) is 11.6 Å². The van der Waals surface area contributed by atoms with E-state index in [2.05, 4.69) is 0 Å². The average Bonchev–Trinajstić information content (AvgIpc) is 3.57. The van der Waals surface area contributed by atoms with Crippen molar-refractivity contribution < 1.29 is 42.0 Å². The van der Waals surface area contributed by atoms with Crippen molar-refractivity contribution in [2.45, 2.75) is 37.9 Å². The Kier molecular flexibility index (Phi) is 7.30. The molecule has 0 saturated carbocycles. The first-order chi connectivity index (χ1) is 19.5. The molecule has 1 fully saturated rings. The number of hydrogen-bond acceptors (Lipinski definition) is 7. The smallest absolute Gasteiger partial charge is 0.330 e. The zero-order valence-corrected chi connectivity index (χ0v) is 21.9. The summed E-state index contributed by atoms with van der Waals surface area (Å²) in [4.78, 5) is 11.6. The van der Waals surface area contributed by atoms with Gasteiger partial charge in [0.05, 0.1) is 20.3 Å². The second kappa shape index (κ2) is 11.2. The van der Waals surface area contributed by atoms with Gasteiger partial charge >= 0.3 is 5.97 Å². The molecule has 9 heteroatoms. The van der Waals surface area contributed by atoms with Gasteiger partial charge in [-0.25, -0.2) is 13.6 Å². The number of hydrogen-bond donors (Lipinski definition) is 0. The van der Waals surface area contributed by atoms with E-state index in [9.17, 15) is 9.18 Å². The lowest BCUT2D eigenvalue weighted by molar-refractivity contribution is -0.134. The largest absolute Gasteiger partial charge is 0.490 e. The van der Waals surface area contributed by atoms with Crippen LogP contribution in [0.1, 0.15) is 42.1 Å². The molecule has 0 aromatic heterocycles. The molecule has 3 aliphatic rings. The van der Waals surface area contributed by atoms with Crippen LogP contribution in [-0.4, -0.2) is 39.0 Å². The third kappa shape index (κ3) is 5.34. The predicted octanol–water partition coefficient (Wildman–Crippen LogP) is 6.33. The van der Waals surface area contributed by atoms with Crippen molar-refractivity contribution in [2.75, 3.05) is 26.9 Å². The third-order valence-corrected chi connectivity index (χ3v) is 7.29. The number of rotatable bonds is 7. The van der Waals surface area contributed by atoms with E-state index in [1.54, 1.807) is 24.3 Å². The van der Waals surface area contributed by atoms with Crippen molar-refractivity contribution in [2.24, 2.45) is 0 Å². The normalized spacial score (nSPS) is 19.1. The van der Waals surface area contributed by atoms with Gasteiger partial charge in [0, 0.05) is 53.3 Å². The van der Waals surface area contributed by atoms with Crippen LogP contribution in [0.5, 0.6) is 28.7 Å². The number of ether oxygens (including phenoxy) is 6. The molecule has 6 rings (SSSR count). The molecule has 0 amide bonds. The second-order valence-corrected chi connectivity index (χ2v) is 9.85. The molecule has 1 atom stereocenters. The van der Waals surface area contributed by atoms with Gasteiger partial charge in [0.25, 0.3) is 0 Å². The van der Waals surface area contributed by atoms with Gasteiger partial charge in [-0.05, 0) is 49.2 Å². The van der Waals surface area contributed by atoms with Crippen LogP contribution in [0.15, 0.2) is 54.6 Å². The van der Waals surface area contributed by atoms with Gasteiger partial charge in [-0.1, -0.05) is 0 Å². The summed E-state index contributed by atoms with van der Waals surface area (Å²) in [7, 11) is 1.32. The fourth-order valence-corrected chi connectivity index (χ4v) is 5.28. The van der Waals surface area contributed by atoms with E-state index < -0.39 is 23.7 Å². The summed E-state index contributed by atoms with van der Waals surface area (Å²) in [6, 6.07) is 12.6. The molecular weight excluding hydrogens is 522 g/mol. The SMILES string of the molecule is COC(=O)/C=C1\COc2cc(O[C@@H]3CCc4c(Oc5ccc(OC6CCOCC6)cc5F)ccc(F)c43)ccc21. The lowest BCUT2D eigenvalue weighted by atomic mass is 10.1. The molecule has 0 bridgehead atoms. The molecule has 1 saturated heterocycles. The van der Waals surface area contributed by atoms with Crippen molar-refractivity contribution in [1.29, 1.82) is 0 Å². The number of esters is 1. The highest BCUT2D eigenvalue weighted by Crippen LogP contribution is 2.44. The van der Waals surface area contributed by atoms with Crippen molar-refractivity contribution in [1.82, 2.24) is 0 Å². The Morgan fingerprint density at radius 1 is 0.925 bits per heavy atom. The molecule has 3 aromatic carbocycles. The summed E-state index contributed by atoms with van der Waals surface area (Å²) in [5.41, 5.74) is 2.53. The minimum atomic E-state index is -0.563. The maximum atomic E-state index is 15.0. The molecule has 1 aliphatic carbocycles. The quantitative estimate of drug-likeness (QED) is 0.251. The molecule has 208 valence electrons. The summed E-state index contributed by atoms with van der Waals surface area (Å²) < 4.78 is 63.7. The van der Waals surface area contributed by atoms with E-state index in [-0.39, 0.29) is 18.5 Å². The summed E-state index contributed by atoms with van der Waals surface area (Å²) >= 11 is 0. The van der Waals surface area contributed by atoms with Gasteiger partial charge in [0.1, 0.15) is 47.6 Å². The molecule has 2 aliphatic heterocycles. The van der Waals surface area contributed by atoms with E-state index in [0.29, 0.717) is 65.8 Å².